The van der Waals surface area contributed by atoms with Crippen molar-refractivity contribution >= 4 is 0 Å². The van der Waals surface area contributed by atoms with Gasteiger partial charge in [-0.25, -0.2) is 0 Å². The summed E-state index contributed by atoms with van der Waals surface area (Å²) in [6, 6.07) is 0. The molecule has 0 aromatic heterocycles. The fraction of sp³-hybridized carbons (Fsp3) is 1.00. The molecule has 0 heterocycles. The third-order valence-corrected chi connectivity index (χ3v) is 2.11. The molecular formula is C14H30O4. The first kappa shape index (κ1) is 17.8. The van der Waals surface area contributed by atoms with Gasteiger partial charge in [0.15, 0.2) is 6.29 Å². The van der Waals surface area contributed by atoms with Gasteiger partial charge in [0.1, 0.15) is 0 Å². The Morgan fingerprint density at radius 3 is 2.22 bits per heavy atom. The molecular weight excluding hydrogens is 232 g/mol. The Balaban J connectivity index is 3.63. The van der Waals surface area contributed by atoms with Crippen molar-refractivity contribution in [2.45, 2.75) is 59.4 Å². The van der Waals surface area contributed by atoms with Gasteiger partial charge in [-0.05, 0) is 33.1 Å². The van der Waals surface area contributed by atoms with Crippen LogP contribution < -0.4 is 0 Å². The minimum Gasteiger partial charge on any atom is -0.396 e. The predicted octanol–water partition coefficient (Wildman–Crippen LogP) is 2.59. The Labute approximate surface area is 112 Å². The first-order valence-corrected chi connectivity index (χ1v) is 6.83. The molecule has 0 amide bonds. The molecule has 0 aromatic rings. The number of hydrogen-bond acceptors (Lipinski definition) is 4. The lowest BCUT2D eigenvalue weighted by molar-refractivity contribution is -0.158. The second kappa shape index (κ2) is 9.73. The van der Waals surface area contributed by atoms with Gasteiger partial charge in [-0.15, -0.1) is 0 Å². The molecule has 0 aliphatic carbocycles. The number of ether oxygens (including phenoxy) is 3. The van der Waals surface area contributed by atoms with Crippen molar-refractivity contribution in [3.8, 4) is 0 Å². The molecule has 0 aliphatic heterocycles. The molecule has 4 nitrogen and oxygen atoms in total. The van der Waals surface area contributed by atoms with Gasteiger partial charge < -0.3 is 19.3 Å². The van der Waals surface area contributed by atoms with Crippen molar-refractivity contribution in [3.05, 3.63) is 0 Å². The molecule has 18 heavy (non-hydrogen) atoms. The summed E-state index contributed by atoms with van der Waals surface area (Å²) in [6.45, 7) is 12.3. The van der Waals surface area contributed by atoms with E-state index < -0.39 is 0 Å². The third kappa shape index (κ3) is 12.3. The van der Waals surface area contributed by atoms with Gasteiger partial charge in [-0.2, -0.15) is 0 Å². The fourth-order valence-electron chi connectivity index (χ4n) is 1.27. The minimum absolute atomic E-state index is 0.0846. The van der Waals surface area contributed by atoms with Crippen molar-refractivity contribution < 1.29 is 19.3 Å². The maximum Gasteiger partial charge on any atom is 0.159 e. The molecule has 1 atom stereocenters. The van der Waals surface area contributed by atoms with Gasteiger partial charge in [0.25, 0.3) is 0 Å². The lowest BCUT2D eigenvalue weighted by atomic mass is 10.2. The normalized spacial score (nSPS) is 14.2. The molecule has 0 saturated heterocycles. The molecule has 0 rings (SSSR count). The van der Waals surface area contributed by atoms with Gasteiger partial charge in [0.2, 0.25) is 0 Å². The molecule has 1 unspecified atom stereocenters. The molecule has 0 fully saturated rings. The third-order valence-electron chi connectivity index (χ3n) is 2.11. The van der Waals surface area contributed by atoms with E-state index >= 15 is 0 Å². The Kier molecular flexibility index (Phi) is 9.64. The van der Waals surface area contributed by atoms with Crippen LogP contribution in [0.2, 0.25) is 0 Å². The van der Waals surface area contributed by atoms with E-state index in [-0.39, 0.29) is 18.5 Å². The lowest BCUT2D eigenvalue weighted by Crippen LogP contribution is -2.23. The zero-order valence-electron chi connectivity index (χ0n) is 12.6. The second-order valence-corrected chi connectivity index (χ2v) is 5.85. The largest absolute Gasteiger partial charge is 0.396 e. The van der Waals surface area contributed by atoms with E-state index in [4.69, 9.17) is 19.3 Å². The molecule has 110 valence electrons. The predicted molar refractivity (Wildman–Crippen MR) is 72.6 cm³/mol. The van der Waals surface area contributed by atoms with Crippen LogP contribution in [0.1, 0.15) is 47.5 Å². The molecule has 0 bridgehead atoms. The highest BCUT2D eigenvalue weighted by Gasteiger charge is 2.11. The fourth-order valence-corrected chi connectivity index (χ4v) is 1.27. The summed E-state index contributed by atoms with van der Waals surface area (Å²) in [5.41, 5.74) is -0.0986. The van der Waals surface area contributed by atoms with E-state index in [1.165, 1.54) is 0 Å². The molecule has 0 aliphatic rings. The van der Waals surface area contributed by atoms with Gasteiger partial charge in [0.05, 0.1) is 18.8 Å². The number of rotatable bonds is 10. The van der Waals surface area contributed by atoms with E-state index in [0.717, 1.165) is 6.42 Å². The zero-order chi connectivity index (χ0) is 14.0. The standard InChI is InChI=1S/C14H30O4/c1-12(2)11-17-13(7-8-15)16-9-6-10-18-14(3,4)5/h12-13,15H,6-11H2,1-5H3. The Morgan fingerprint density at radius 1 is 1.06 bits per heavy atom. The smallest absolute Gasteiger partial charge is 0.159 e. The van der Waals surface area contributed by atoms with Crippen LogP contribution in [0.4, 0.5) is 0 Å². The summed E-state index contributed by atoms with van der Waals surface area (Å²) in [7, 11) is 0. The molecule has 1 N–H and O–H groups in total. The van der Waals surface area contributed by atoms with Gasteiger partial charge in [-0.3, -0.25) is 0 Å². The van der Waals surface area contributed by atoms with Crippen LogP contribution >= 0.6 is 0 Å². The average molecular weight is 262 g/mol. The summed E-state index contributed by atoms with van der Waals surface area (Å²) in [5.74, 6) is 0.471. The number of aliphatic hydroxyl groups is 1. The van der Waals surface area contributed by atoms with Crippen molar-refractivity contribution in [1.29, 1.82) is 0 Å². The highest BCUT2D eigenvalue weighted by atomic mass is 16.7. The van der Waals surface area contributed by atoms with Crippen LogP contribution in [0.3, 0.4) is 0 Å². The van der Waals surface area contributed by atoms with E-state index in [0.29, 0.717) is 32.2 Å². The summed E-state index contributed by atoms with van der Waals surface area (Å²) in [5, 5.41) is 8.93. The summed E-state index contributed by atoms with van der Waals surface area (Å²) >= 11 is 0. The highest BCUT2D eigenvalue weighted by molar-refractivity contribution is 4.58. The van der Waals surface area contributed by atoms with Crippen molar-refractivity contribution in [2.75, 3.05) is 26.4 Å². The monoisotopic (exact) mass is 262 g/mol. The maximum absolute atomic E-state index is 8.93. The zero-order valence-corrected chi connectivity index (χ0v) is 12.6. The SMILES string of the molecule is CC(C)COC(CCO)OCCCOC(C)(C)C. The van der Waals surface area contributed by atoms with Gasteiger partial charge in [0, 0.05) is 19.6 Å². The van der Waals surface area contributed by atoms with Gasteiger partial charge >= 0.3 is 0 Å². The molecule has 4 heteroatoms. The van der Waals surface area contributed by atoms with Crippen LogP contribution in [-0.2, 0) is 14.2 Å². The molecule has 0 saturated carbocycles. The molecule has 0 radical (unpaired) electrons. The van der Waals surface area contributed by atoms with Crippen LogP contribution in [0.25, 0.3) is 0 Å². The first-order valence-electron chi connectivity index (χ1n) is 6.83. The second-order valence-electron chi connectivity index (χ2n) is 5.85. The van der Waals surface area contributed by atoms with Gasteiger partial charge in [-0.1, -0.05) is 13.8 Å². The summed E-state index contributed by atoms with van der Waals surface area (Å²) in [4.78, 5) is 0. The summed E-state index contributed by atoms with van der Waals surface area (Å²) in [6.07, 6.45) is 1.06. The quantitative estimate of drug-likeness (QED) is 0.485. The number of aliphatic hydroxyl groups excluding tert-OH is 1. The van der Waals surface area contributed by atoms with Crippen molar-refractivity contribution in [1.82, 2.24) is 0 Å². The topological polar surface area (TPSA) is 47.9 Å². The Bertz CT molecular complexity index is 187. The highest BCUT2D eigenvalue weighted by Crippen LogP contribution is 2.08. The van der Waals surface area contributed by atoms with Crippen LogP contribution in [-0.4, -0.2) is 43.4 Å². The van der Waals surface area contributed by atoms with Crippen molar-refractivity contribution in [3.63, 3.8) is 0 Å². The molecule has 0 aromatic carbocycles. The lowest BCUT2D eigenvalue weighted by Gasteiger charge is -2.21. The number of hydrogen-bond donors (Lipinski definition) is 1. The minimum atomic E-state index is -0.299. The average Bonchev–Trinajstić information content (AvgIpc) is 2.23. The van der Waals surface area contributed by atoms with Crippen LogP contribution in [0.15, 0.2) is 0 Å². The maximum atomic E-state index is 8.93. The van der Waals surface area contributed by atoms with E-state index in [1.807, 2.05) is 20.8 Å². The Morgan fingerprint density at radius 2 is 1.72 bits per heavy atom. The van der Waals surface area contributed by atoms with E-state index in [1.54, 1.807) is 0 Å². The summed E-state index contributed by atoms with van der Waals surface area (Å²) < 4.78 is 16.8. The first-order chi connectivity index (χ1) is 8.35. The van der Waals surface area contributed by atoms with E-state index in [2.05, 4.69) is 13.8 Å². The molecule has 0 spiro atoms. The van der Waals surface area contributed by atoms with Crippen LogP contribution in [0, 0.1) is 5.92 Å². The van der Waals surface area contributed by atoms with Crippen LogP contribution in [0.5, 0.6) is 0 Å². The Hall–Kier alpha value is -0.160. The van der Waals surface area contributed by atoms with E-state index in [9.17, 15) is 0 Å². The van der Waals surface area contributed by atoms with Crippen molar-refractivity contribution in [2.24, 2.45) is 5.92 Å².